The first-order valence-corrected chi connectivity index (χ1v) is 7.57. The number of halogens is 1. The number of nitrogens with zero attached hydrogens (tertiary/aromatic N) is 1. The van der Waals surface area contributed by atoms with Gasteiger partial charge in [0, 0.05) is 0 Å². The van der Waals surface area contributed by atoms with Gasteiger partial charge in [-0.2, -0.15) is 0 Å². The van der Waals surface area contributed by atoms with E-state index in [1.165, 1.54) is 36.4 Å². The summed E-state index contributed by atoms with van der Waals surface area (Å²) in [5.74, 6) is -2.27. The number of benzene rings is 2. The van der Waals surface area contributed by atoms with Gasteiger partial charge in [-0.3, -0.25) is 9.59 Å². The molecular weight excluding hydrogens is 329 g/mol. The minimum absolute atomic E-state index is 0.0220. The molecule has 2 aliphatic heterocycles. The van der Waals surface area contributed by atoms with Crippen molar-refractivity contribution in [2.45, 2.75) is 5.67 Å². The number of imide groups is 1. The van der Waals surface area contributed by atoms with E-state index < -0.39 is 23.5 Å². The number of hydroxylamine groups is 2. The molecule has 6 nitrogen and oxygen atoms in total. The van der Waals surface area contributed by atoms with Crippen LogP contribution in [-0.2, 0) is 15.2 Å². The number of rotatable bonds is 3. The van der Waals surface area contributed by atoms with Crippen molar-refractivity contribution in [2.75, 3.05) is 13.2 Å². The Hall–Kier alpha value is -3.06. The molecule has 0 aromatic heterocycles. The van der Waals surface area contributed by atoms with Crippen LogP contribution in [0.4, 0.5) is 4.39 Å². The third-order valence-electron chi connectivity index (χ3n) is 4.23. The highest BCUT2D eigenvalue weighted by molar-refractivity contribution is 6.21. The van der Waals surface area contributed by atoms with Crippen molar-refractivity contribution < 1.29 is 28.3 Å². The van der Waals surface area contributed by atoms with Crippen molar-refractivity contribution in [2.24, 2.45) is 0 Å². The number of ether oxygens (including phenoxy) is 1. The lowest BCUT2D eigenvalue weighted by molar-refractivity contribution is -0.135. The lowest BCUT2D eigenvalue weighted by atomic mass is 9.93. The lowest BCUT2D eigenvalue weighted by Gasteiger charge is -2.34. The average Bonchev–Trinajstić information content (AvgIpc) is 2.85. The van der Waals surface area contributed by atoms with Crippen LogP contribution in [0.25, 0.3) is 0 Å². The van der Waals surface area contributed by atoms with E-state index >= 15 is 0 Å². The number of hydrogen-bond acceptors (Lipinski definition) is 5. The van der Waals surface area contributed by atoms with E-state index in [-0.39, 0.29) is 29.9 Å². The van der Waals surface area contributed by atoms with Gasteiger partial charge in [-0.15, -0.1) is 0 Å². The van der Waals surface area contributed by atoms with Crippen LogP contribution >= 0.6 is 0 Å². The first-order chi connectivity index (χ1) is 12.0. The van der Waals surface area contributed by atoms with Crippen molar-refractivity contribution >= 4 is 17.8 Å². The predicted octanol–water partition coefficient (Wildman–Crippen LogP) is 2.25. The molecule has 0 unspecified atom stereocenters. The summed E-state index contributed by atoms with van der Waals surface area (Å²) in [6, 6.07) is 11.9. The van der Waals surface area contributed by atoms with Crippen molar-refractivity contribution in [3.63, 3.8) is 0 Å². The summed E-state index contributed by atoms with van der Waals surface area (Å²) in [6.45, 7) is -0.0440. The smallest absolute Gasteiger partial charge is 0.363 e. The molecule has 0 radical (unpaired) electrons. The summed E-state index contributed by atoms with van der Waals surface area (Å²) in [4.78, 5) is 41.5. The molecule has 1 saturated heterocycles. The third-order valence-corrected chi connectivity index (χ3v) is 4.23. The molecule has 2 aliphatic rings. The molecule has 2 aromatic carbocycles. The summed E-state index contributed by atoms with van der Waals surface area (Å²) in [5.41, 5.74) is -0.675. The van der Waals surface area contributed by atoms with E-state index in [1.807, 2.05) is 0 Å². The molecule has 126 valence electrons. The van der Waals surface area contributed by atoms with E-state index in [0.717, 1.165) is 0 Å². The first kappa shape index (κ1) is 15.5. The van der Waals surface area contributed by atoms with Gasteiger partial charge in [-0.25, -0.2) is 9.18 Å². The molecule has 25 heavy (non-hydrogen) atoms. The van der Waals surface area contributed by atoms with Crippen LogP contribution in [0.5, 0.6) is 0 Å². The van der Waals surface area contributed by atoms with E-state index in [9.17, 15) is 18.8 Å². The molecule has 0 saturated carbocycles. The minimum atomic E-state index is -1.54. The Labute approximate surface area is 141 Å². The van der Waals surface area contributed by atoms with Crippen LogP contribution in [0.3, 0.4) is 0 Å². The normalized spacial score (nSPS) is 17.9. The molecule has 0 N–H and O–H groups in total. The third kappa shape index (κ3) is 2.40. The average molecular weight is 341 g/mol. The van der Waals surface area contributed by atoms with E-state index in [4.69, 9.17) is 9.57 Å². The van der Waals surface area contributed by atoms with Crippen LogP contribution in [0.15, 0.2) is 48.5 Å². The first-order valence-electron chi connectivity index (χ1n) is 7.57. The van der Waals surface area contributed by atoms with Gasteiger partial charge < -0.3 is 9.57 Å². The Kier molecular flexibility index (Phi) is 3.40. The van der Waals surface area contributed by atoms with Crippen LogP contribution < -0.4 is 0 Å². The van der Waals surface area contributed by atoms with Gasteiger partial charge in [0.2, 0.25) is 0 Å². The Bertz CT molecular complexity index is 854. The maximum atomic E-state index is 14.2. The molecule has 0 spiro atoms. The molecule has 4 rings (SSSR count). The van der Waals surface area contributed by atoms with Gasteiger partial charge in [-0.1, -0.05) is 29.3 Å². The molecular formula is C18H12FNO5. The lowest BCUT2D eigenvalue weighted by Crippen LogP contribution is -2.42. The quantitative estimate of drug-likeness (QED) is 0.801. The standard InChI is InChI=1S/C18H12FNO5/c19-18(9-24-10-18)12-7-5-11(6-8-12)17(23)25-20-15(21)13-3-1-2-4-14(13)16(20)22/h1-8H,9-10H2. The Morgan fingerprint density at radius 3 is 2.04 bits per heavy atom. The van der Waals surface area contributed by atoms with Crippen molar-refractivity contribution in [3.8, 4) is 0 Å². The molecule has 7 heteroatoms. The van der Waals surface area contributed by atoms with Gasteiger partial charge in [0.05, 0.1) is 29.9 Å². The number of hydrogen-bond donors (Lipinski definition) is 0. The maximum Gasteiger partial charge on any atom is 0.363 e. The van der Waals surface area contributed by atoms with Gasteiger partial charge in [-0.05, 0) is 29.8 Å². The topological polar surface area (TPSA) is 72.9 Å². The van der Waals surface area contributed by atoms with E-state index in [1.54, 1.807) is 12.1 Å². The second-order valence-electron chi connectivity index (χ2n) is 5.86. The molecule has 2 aromatic rings. The number of fused-ring (bicyclic) bond motifs is 1. The highest BCUT2D eigenvalue weighted by Gasteiger charge is 2.41. The second kappa shape index (κ2) is 5.49. The predicted molar refractivity (Wildman–Crippen MR) is 82.4 cm³/mol. The number of amides is 2. The fourth-order valence-corrected chi connectivity index (χ4v) is 2.74. The Balaban J connectivity index is 1.51. The summed E-state index contributed by atoms with van der Waals surface area (Å²) in [7, 11) is 0. The number of carbonyl (C=O) groups excluding carboxylic acids is 3. The van der Waals surface area contributed by atoms with Crippen molar-refractivity contribution in [1.29, 1.82) is 0 Å². The van der Waals surface area contributed by atoms with E-state index in [0.29, 0.717) is 10.6 Å². The number of alkyl halides is 1. The van der Waals surface area contributed by atoms with Crippen LogP contribution in [0, 0.1) is 0 Å². The Morgan fingerprint density at radius 2 is 1.56 bits per heavy atom. The highest BCUT2D eigenvalue weighted by atomic mass is 19.1. The van der Waals surface area contributed by atoms with Gasteiger partial charge in [0.15, 0.2) is 5.67 Å². The highest BCUT2D eigenvalue weighted by Crippen LogP contribution is 2.33. The van der Waals surface area contributed by atoms with Crippen molar-refractivity contribution in [1.82, 2.24) is 5.06 Å². The molecule has 1 fully saturated rings. The maximum absolute atomic E-state index is 14.2. The monoisotopic (exact) mass is 341 g/mol. The summed E-state index contributed by atoms with van der Waals surface area (Å²) in [5, 5.41) is 0.442. The Morgan fingerprint density at radius 1 is 1.00 bits per heavy atom. The SMILES string of the molecule is O=C(ON1C(=O)c2ccccc2C1=O)c1ccc(C2(F)COC2)cc1. The molecule has 2 heterocycles. The van der Waals surface area contributed by atoms with Gasteiger partial charge >= 0.3 is 5.97 Å². The second-order valence-corrected chi connectivity index (χ2v) is 5.86. The zero-order valence-corrected chi connectivity index (χ0v) is 12.9. The molecule has 2 amide bonds. The van der Waals surface area contributed by atoms with Crippen LogP contribution in [-0.4, -0.2) is 36.1 Å². The molecule has 0 bridgehead atoms. The fraction of sp³-hybridized carbons (Fsp3) is 0.167. The van der Waals surface area contributed by atoms with Crippen LogP contribution in [0.2, 0.25) is 0 Å². The minimum Gasteiger partial charge on any atom is -0.374 e. The molecule has 0 atom stereocenters. The number of carbonyl (C=O) groups is 3. The van der Waals surface area contributed by atoms with Crippen molar-refractivity contribution in [3.05, 3.63) is 70.8 Å². The molecule has 0 aliphatic carbocycles. The summed E-state index contributed by atoms with van der Waals surface area (Å²) >= 11 is 0. The van der Waals surface area contributed by atoms with Gasteiger partial charge in [0.1, 0.15) is 0 Å². The summed E-state index contributed by atoms with van der Waals surface area (Å²) in [6.07, 6.45) is 0. The zero-order valence-electron chi connectivity index (χ0n) is 12.9. The largest absolute Gasteiger partial charge is 0.374 e. The van der Waals surface area contributed by atoms with E-state index in [2.05, 4.69) is 0 Å². The van der Waals surface area contributed by atoms with Crippen LogP contribution in [0.1, 0.15) is 36.6 Å². The summed E-state index contributed by atoms with van der Waals surface area (Å²) < 4.78 is 19.1. The fourth-order valence-electron chi connectivity index (χ4n) is 2.74. The van der Waals surface area contributed by atoms with Gasteiger partial charge in [0.25, 0.3) is 11.8 Å². The zero-order chi connectivity index (χ0) is 17.6.